The van der Waals surface area contributed by atoms with E-state index >= 15 is 0 Å². The van der Waals surface area contributed by atoms with Crippen LogP contribution in [0.1, 0.15) is 0 Å². The maximum atomic E-state index is 10.9. The molecule has 0 aromatic heterocycles. The molecule has 62 valence electrons. The van der Waals surface area contributed by atoms with Crippen molar-refractivity contribution in [2.24, 2.45) is 0 Å². The molecule has 1 N–H and O–H groups in total. The molecule has 0 aromatic rings. The number of amides is 3. The van der Waals surface area contributed by atoms with Gasteiger partial charge < -0.3 is 10.1 Å². The summed E-state index contributed by atoms with van der Waals surface area (Å²) in [5.74, 6) is -0.188. The number of nitrogens with zero attached hydrogens (tertiary/aromatic N) is 1. The van der Waals surface area contributed by atoms with Crippen LogP contribution in [0.2, 0.25) is 0 Å². The van der Waals surface area contributed by atoms with Crippen molar-refractivity contribution in [2.45, 2.75) is 0 Å². The van der Waals surface area contributed by atoms with Crippen LogP contribution in [0.4, 0.5) is 4.79 Å². The van der Waals surface area contributed by atoms with Gasteiger partial charge in [-0.05, 0) is 0 Å². The highest BCUT2D eigenvalue weighted by atomic mass is 16.5. The minimum atomic E-state index is -0.327. The molecule has 1 fully saturated rings. The lowest BCUT2D eigenvalue weighted by Crippen LogP contribution is -2.33. The molecule has 1 heterocycles. The van der Waals surface area contributed by atoms with Gasteiger partial charge in [0.05, 0.1) is 19.7 Å². The van der Waals surface area contributed by atoms with Crippen molar-refractivity contribution in [1.29, 1.82) is 0 Å². The molecule has 0 radical (unpaired) electrons. The van der Waals surface area contributed by atoms with E-state index in [4.69, 9.17) is 4.74 Å². The van der Waals surface area contributed by atoms with Crippen LogP contribution in [0.5, 0.6) is 0 Å². The van der Waals surface area contributed by atoms with Gasteiger partial charge in [-0.3, -0.25) is 9.69 Å². The lowest BCUT2D eigenvalue weighted by molar-refractivity contribution is -0.125. The molecular formula is C6H10N2O3. The summed E-state index contributed by atoms with van der Waals surface area (Å²) in [5, 5.41) is 2.41. The molecule has 1 aliphatic heterocycles. The van der Waals surface area contributed by atoms with E-state index in [0.717, 1.165) is 4.90 Å². The highest BCUT2D eigenvalue weighted by molar-refractivity contribution is 6.01. The van der Waals surface area contributed by atoms with E-state index in [-0.39, 0.29) is 18.5 Å². The van der Waals surface area contributed by atoms with Gasteiger partial charge in [-0.1, -0.05) is 0 Å². The van der Waals surface area contributed by atoms with Crippen LogP contribution in [0.25, 0.3) is 0 Å². The van der Waals surface area contributed by atoms with Crippen molar-refractivity contribution in [2.75, 3.05) is 26.8 Å². The standard InChI is InChI=1S/C6H10N2O3/c1-11-3-2-8-5(9)4-7-6(8)10/h2-4H2,1H3,(H,7,10). The lowest BCUT2D eigenvalue weighted by atomic mass is 10.5. The van der Waals surface area contributed by atoms with Gasteiger partial charge in [0.25, 0.3) is 0 Å². The van der Waals surface area contributed by atoms with Crippen LogP contribution >= 0.6 is 0 Å². The van der Waals surface area contributed by atoms with Crippen molar-refractivity contribution in [1.82, 2.24) is 10.2 Å². The van der Waals surface area contributed by atoms with Crippen molar-refractivity contribution >= 4 is 11.9 Å². The number of hydrogen-bond acceptors (Lipinski definition) is 3. The molecular weight excluding hydrogens is 148 g/mol. The van der Waals surface area contributed by atoms with Gasteiger partial charge in [-0.25, -0.2) is 4.79 Å². The van der Waals surface area contributed by atoms with Crippen molar-refractivity contribution < 1.29 is 14.3 Å². The van der Waals surface area contributed by atoms with E-state index in [9.17, 15) is 9.59 Å². The van der Waals surface area contributed by atoms with Crippen LogP contribution in [0.3, 0.4) is 0 Å². The highest BCUT2D eigenvalue weighted by Gasteiger charge is 2.27. The van der Waals surface area contributed by atoms with Crippen LogP contribution in [-0.4, -0.2) is 43.6 Å². The molecule has 0 aliphatic carbocycles. The van der Waals surface area contributed by atoms with Gasteiger partial charge in [-0.15, -0.1) is 0 Å². The Morgan fingerprint density at radius 1 is 1.64 bits per heavy atom. The Hall–Kier alpha value is -1.10. The normalized spacial score (nSPS) is 17.4. The largest absolute Gasteiger partial charge is 0.383 e. The fourth-order valence-electron chi connectivity index (χ4n) is 0.864. The second-order valence-corrected chi connectivity index (χ2v) is 2.20. The van der Waals surface area contributed by atoms with Gasteiger partial charge in [0.1, 0.15) is 0 Å². The molecule has 1 aliphatic rings. The first-order valence-corrected chi connectivity index (χ1v) is 3.33. The van der Waals surface area contributed by atoms with E-state index in [0.29, 0.717) is 13.2 Å². The van der Waals surface area contributed by atoms with E-state index in [1.807, 2.05) is 0 Å². The SMILES string of the molecule is COCCN1C(=O)CNC1=O. The topological polar surface area (TPSA) is 58.6 Å². The quantitative estimate of drug-likeness (QED) is 0.546. The number of carbonyl (C=O) groups is 2. The Bertz CT molecular complexity index is 165. The zero-order chi connectivity index (χ0) is 8.27. The van der Waals surface area contributed by atoms with E-state index in [2.05, 4.69) is 5.32 Å². The lowest BCUT2D eigenvalue weighted by Gasteiger charge is -2.10. The molecule has 1 rings (SSSR count). The number of ether oxygens (including phenoxy) is 1. The summed E-state index contributed by atoms with van der Waals surface area (Å²) in [4.78, 5) is 22.8. The first-order chi connectivity index (χ1) is 5.25. The molecule has 0 atom stereocenters. The monoisotopic (exact) mass is 158 g/mol. The Labute approximate surface area is 64.3 Å². The fraction of sp³-hybridized carbons (Fsp3) is 0.667. The molecule has 0 bridgehead atoms. The van der Waals surface area contributed by atoms with Gasteiger partial charge in [0.15, 0.2) is 0 Å². The summed E-state index contributed by atoms with van der Waals surface area (Å²) in [6, 6.07) is -0.327. The average Bonchev–Trinajstić information content (AvgIpc) is 2.29. The summed E-state index contributed by atoms with van der Waals surface area (Å²) >= 11 is 0. The summed E-state index contributed by atoms with van der Waals surface area (Å²) in [7, 11) is 1.53. The molecule has 3 amide bonds. The summed E-state index contributed by atoms with van der Waals surface area (Å²) in [6.45, 7) is 0.836. The van der Waals surface area contributed by atoms with Gasteiger partial charge in [0.2, 0.25) is 5.91 Å². The Kier molecular flexibility index (Phi) is 2.43. The van der Waals surface area contributed by atoms with Crippen molar-refractivity contribution in [3.8, 4) is 0 Å². The Morgan fingerprint density at radius 3 is 2.82 bits per heavy atom. The van der Waals surface area contributed by atoms with Gasteiger partial charge in [-0.2, -0.15) is 0 Å². The minimum Gasteiger partial charge on any atom is -0.383 e. The number of hydrogen-bond donors (Lipinski definition) is 1. The summed E-state index contributed by atoms with van der Waals surface area (Å²) in [5.41, 5.74) is 0. The maximum absolute atomic E-state index is 10.9. The molecule has 0 aromatic carbocycles. The number of carbonyl (C=O) groups excluding carboxylic acids is 2. The smallest absolute Gasteiger partial charge is 0.324 e. The zero-order valence-corrected chi connectivity index (χ0v) is 6.29. The van der Waals surface area contributed by atoms with Crippen LogP contribution in [0, 0.1) is 0 Å². The van der Waals surface area contributed by atoms with Crippen molar-refractivity contribution in [3.05, 3.63) is 0 Å². The number of methoxy groups -OCH3 is 1. The number of nitrogens with one attached hydrogen (secondary N) is 1. The first-order valence-electron chi connectivity index (χ1n) is 3.33. The number of urea groups is 1. The van der Waals surface area contributed by atoms with E-state index in [1.54, 1.807) is 0 Å². The zero-order valence-electron chi connectivity index (χ0n) is 6.29. The third kappa shape index (κ3) is 1.68. The van der Waals surface area contributed by atoms with Crippen LogP contribution in [-0.2, 0) is 9.53 Å². The second kappa shape index (κ2) is 3.34. The Balaban J connectivity index is 2.41. The second-order valence-electron chi connectivity index (χ2n) is 2.20. The molecule has 11 heavy (non-hydrogen) atoms. The Morgan fingerprint density at radius 2 is 2.36 bits per heavy atom. The summed E-state index contributed by atoms with van der Waals surface area (Å²) in [6.07, 6.45) is 0. The summed E-state index contributed by atoms with van der Waals surface area (Å²) < 4.78 is 4.73. The molecule has 1 saturated heterocycles. The predicted molar refractivity (Wildman–Crippen MR) is 37.0 cm³/mol. The van der Waals surface area contributed by atoms with E-state index in [1.165, 1.54) is 7.11 Å². The molecule has 5 nitrogen and oxygen atoms in total. The van der Waals surface area contributed by atoms with E-state index < -0.39 is 0 Å². The number of imide groups is 1. The third-order valence-electron chi connectivity index (χ3n) is 1.46. The highest BCUT2D eigenvalue weighted by Crippen LogP contribution is 1.97. The first kappa shape index (κ1) is 8.00. The molecule has 0 spiro atoms. The molecule has 0 unspecified atom stereocenters. The predicted octanol–water partition coefficient (Wildman–Crippen LogP) is -0.815. The fourth-order valence-corrected chi connectivity index (χ4v) is 0.864. The third-order valence-corrected chi connectivity index (χ3v) is 1.46. The average molecular weight is 158 g/mol. The van der Waals surface area contributed by atoms with Crippen molar-refractivity contribution in [3.63, 3.8) is 0 Å². The maximum Gasteiger partial charge on any atom is 0.324 e. The number of rotatable bonds is 3. The minimum absolute atomic E-state index is 0.114. The molecule has 0 saturated carbocycles. The van der Waals surface area contributed by atoms with Crippen LogP contribution in [0.15, 0.2) is 0 Å². The van der Waals surface area contributed by atoms with Gasteiger partial charge in [0, 0.05) is 7.11 Å². The van der Waals surface area contributed by atoms with Crippen LogP contribution < -0.4 is 5.32 Å². The molecule has 5 heteroatoms. The van der Waals surface area contributed by atoms with Gasteiger partial charge >= 0.3 is 6.03 Å².